The molecule has 0 N–H and O–H groups in total. The summed E-state index contributed by atoms with van der Waals surface area (Å²) < 4.78 is 4.44. The van der Waals surface area contributed by atoms with Crippen LogP contribution >= 0.6 is 24.8 Å². The van der Waals surface area contributed by atoms with Crippen molar-refractivity contribution in [3.05, 3.63) is 37.4 Å². The van der Waals surface area contributed by atoms with Gasteiger partial charge in [0.2, 0.25) is 0 Å². The molecule has 0 aliphatic heterocycles. The fourth-order valence-corrected chi connectivity index (χ4v) is 3.16. The molecule has 1 atom stereocenters. The largest absolute Gasteiger partial charge is 0.337 e. The van der Waals surface area contributed by atoms with Crippen LogP contribution in [0.2, 0.25) is 0 Å². The minimum Gasteiger partial charge on any atom is -0.337 e. The number of aromatic nitrogens is 4. The molecule has 0 bridgehead atoms. The first-order chi connectivity index (χ1) is 11.4. The number of aryl methyl sites for hydroxylation is 1. The number of unbranched alkanes of at least 4 members (excludes halogenated alkanes) is 7. The molecule has 0 saturated heterocycles. The van der Waals surface area contributed by atoms with Crippen LogP contribution in [-0.4, -0.2) is 19.1 Å². The molecule has 0 radical (unpaired) electrons. The second-order valence-electron chi connectivity index (χ2n) is 6.52. The minimum atomic E-state index is 0. The molecular weight excluding hydrogens is 355 g/mol. The van der Waals surface area contributed by atoms with Crippen molar-refractivity contribution >= 4 is 24.8 Å². The number of hydrogen-bond donors (Lipinski definition) is 0. The van der Waals surface area contributed by atoms with Gasteiger partial charge in [-0.1, -0.05) is 58.3 Å². The van der Waals surface area contributed by atoms with Gasteiger partial charge in [0.25, 0.3) is 0 Å². The molecule has 4 nitrogen and oxygen atoms in total. The number of hydrogen-bond acceptors (Lipinski definition) is 2. The van der Waals surface area contributed by atoms with Gasteiger partial charge in [-0.05, 0) is 12.8 Å². The summed E-state index contributed by atoms with van der Waals surface area (Å²) in [6.45, 7) is 3.31. The lowest BCUT2D eigenvalue weighted by Gasteiger charge is -2.18. The molecule has 2 aromatic heterocycles. The maximum absolute atomic E-state index is 4.22. The highest BCUT2D eigenvalue weighted by Crippen LogP contribution is 2.21. The predicted molar refractivity (Wildman–Crippen MR) is 110 cm³/mol. The highest BCUT2D eigenvalue weighted by Gasteiger charge is 2.10. The lowest BCUT2D eigenvalue weighted by atomic mass is 10.0. The lowest BCUT2D eigenvalue weighted by Crippen LogP contribution is -2.10. The van der Waals surface area contributed by atoms with Crippen molar-refractivity contribution in [1.29, 1.82) is 0 Å². The van der Waals surface area contributed by atoms with Gasteiger partial charge in [-0.25, -0.2) is 9.97 Å². The third kappa shape index (κ3) is 9.91. The molecule has 1 unspecified atom stereocenters. The molecule has 0 aromatic carbocycles. The van der Waals surface area contributed by atoms with Gasteiger partial charge in [0, 0.05) is 37.4 Å². The molecule has 25 heavy (non-hydrogen) atoms. The average molecular weight is 389 g/mol. The van der Waals surface area contributed by atoms with Crippen LogP contribution in [-0.2, 0) is 6.54 Å². The van der Waals surface area contributed by atoms with Crippen LogP contribution in [0.5, 0.6) is 0 Å². The topological polar surface area (TPSA) is 35.6 Å². The lowest BCUT2D eigenvalue weighted by molar-refractivity contribution is 0.389. The highest BCUT2D eigenvalue weighted by atomic mass is 35.5. The number of rotatable bonds is 13. The Morgan fingerprint density at radius 2 is 1.40 bits per heavy atom. The van der Waals surface area contributed by atoms with Gasteiger partial charge in [-0.2, -0.15) is 0 Å². The maximum Gasteiger partial charge on any atom is 0.0948 e. The Labute approximate surface area is 165 Å². The van der Waals surface area contributed by atoms with E-state index in [-0.39, 0.29) is 24.8 Å². The maximum atomic E-state index is 4.22. The molecule has 0 spiro atoms. The molecular formula is C19H34Cl2N4. The molecule has 0 fully saturated rings. The van der Waals surface area contributed by atoms with E-state index in [9.17, 15) is 0 Å². The van der Waals surface area contributed by atoms with Gasteiger partial charge in [-0.3, -0.25) is 0 Å². The van der Waals surface area contributed by atoms with Gasteiger partial charge in [-0.15, -0.1) is 24.8 Å². The Hall–Kier alpha value is -1.00. The quantitative estimate of drug-likeness (QED) is 0.389. The third-order valence-corrected chi connectivity index (χ3v) is 4.62. The highest BCUT2D eigenvalue weighted by molar-refractivity contribution is 5.85. The standard InChI is InChI=1S/C19H32N4.2ClH/c1-2-3-4-5-6-7-8-9-10-19(23-16-13-21-18-23)11-14-22-15-12-20-17-22;;/h12-13,15-19H,2-11,14H2,1H3;2*1H. The van der Waals surface area contributed by atoms with Crippen molar-refractivity contribution in [3.63, 3.8) is 0 Å². The summed E-state index contributed by atoms with van der Waals surface area (Å²) >= 11 is 0. The van der Waals surface area contributed by atoms with Crippen LogP contribution in [0.25, 0.3) is 0 Å². The SMILES string of the molecule is CCCCCCCCCCC(CCn1ccnc1)n1ccnc1.Cl.Cl. The van der Waals surface area contributed by atoms with Crippen molar-refractivity contribution in [2.75, 3.05) is 0 Å². The van der Waals surface area contributed by atoms with Crippen LogP contribution in [0, 0.1) is 0 Å². The summed E-state index contributed by atoms with van der Waals surface area (Å²) in [5.74, 6) is 0. The Balaban J connectivity index is 0.00000288. The van der Waals surface area contributed by atoms with Crippen LogP contribution in [0.3, 0.4) is 0 Å². The smallest absolute Gasteiger partial charge is 0.0948 e. The van der Waals surface area contributed by atoms with Crippen molar-refractivity contribution in [2.45, 2.75) is 83.7 Å². The van der Waals surface area contributed by atoms with E-state index in [1.165, 1.54) is 57.8 Å². The summed E-state index contributed by atoms with van der Waals surface area (Å²) in [7, 11) is 0. The number of halogens is 2. The Bertz CT molecular complexity index is 486. The van der Waals surface area contributed by atoms with E-state index in [4.69, 9.17) is 0 Å². The zero-order chi connectivity index (χ0) is 16.2. The van der Waals surface area contributed by atoms with Gasteiger partial charge in [0.15, 0.2) is 0 Å². The zero-order valence-electron chi connectivity index (χ0n) is 15.4. The number of imidazole rings is 2. The second kappa shape index (κ2) is 15.3. The van der Waals surface area contributed by atoms with E-state index in [2.05, 4.69) is 32.2 Å². The molecule has 0 aliphatic rings. The van der Waals surface area contributed by atoms with Gasteiger partial charge < -0.3 is 9.13 Å². The molecule has 2 heterocycles. The van der Waals surface area contributed by atoms with Gasteiger partial charge in [0.05, 0.1) is 12.7 Å². The van der Waals surface area contributed by atoms with Crippen LogP contribution < -0.4 is 0 Å². The minimum absolute atomic E-state index is 0. The molecule has 0 aliphatic carbocycles. The molecule has 0 amide bonds. The Morgan fingerprint density at radius 3 is 2.00 bits per heavy atom. The monoisotopic (exact) mass is 388 g/mol. The molecule has 2 rings (SSSR count). The van der Waals surface area contributed by atoms with Crippen molar-refractivity contribution in [3.8, 4) is 0 Å². The van der Waals surface area contributed by atoms with Crippen LogP contribution in [0.1, 0.15) is 77.2 Å². The van der Waals surface area contributed by atoms with E-state index in [0.717, 1.165) is 13.0 Å². The van der Waals surface area contributed by atoms with Crippen molar-refractivity contribution < 1.29 is 0 Å². The van der Waals surface area contributed by atoms with Gasteiger partial charge in [0.1, 0.15) is 0 Å². The van der Waals surface area contributed by atoms with Gasteiger partial charge >= 0.3 is 0 Å². The normalized spacial score (nSPS) is 11.6. The van der Waals surface area contributed by atoms with Crippen LogP contribution in [0.4, 0.5) is 0 Å². The number of nitrogens with zero attached hydrogens (tertiary/aromatic N) is 4. The fraction of sp³-hybridized carbons (Fsp3) is 0.684. The Kier molecular flexibility index (Phi) is 14.7. The van der Waals surface area contributed by atoms with E-state index in [1.54, 1.807) is 0 Å². The molecule has 2 aromatic rings. The first kappa shape index (κ1) is 24.0. The summed E-state index contributed by atoms with van der Waals surface area (Å²) in [5, 5.41) is 0. The average Bonchev–Trinajstić information content (AvgIpc) is 3.26. The van der Waals surface area contributed by atoms with E-state index in [1.807, 2.05) is 31.2 Å². The van der Waals surface area contributed by atoms with Crippen molar-refractivity contribution in [2.24, 2.45) is 0 Å². The molecule has 6 heteroatoms. The second-order valence-corrected chi connectivity index (χ2v) is 6.52. The van der Waals surface area contributed by atoms with E-state index in [0.29, 0.717) is 6.04 Å². The summed E-state index contributed by atoms with van der Waals surface area (Å²) in [4.78, 5) is 8.34. The van der Waals surface area contributed by atoms with E-state index < -0.39 is 0 Å². The zero-order valence-corrected chi connectivity index (χ0v) is 17.1. The first-order valence-corrected chi connectivity index (χ1v) is 9.33. The van der Waals surface area contributed by atoms with E-state index >= 15 is 0 Å². The Morgan fingerprint density at radius 1 is 0.760 bits per heavy atom. The predicted octanol–water partition coefficient (Wildman–Crippen LogP) is 6.09. The third-order valence-electron chi connectivity index (χ3n) is 4.62. The molecule has 0 saturated carbocycles. The first-order valence-electron chi connectivity index (χ1n) is 9.33. The summed E-state index contributed by atoms with van der Waals surface area (Å²) in [5.41, 5.74) is 0. The summed E-state index contributed by atoms with van der Waals surface area (Å²) in [6.07, 6.45) is 25.2. The summed E-state index contributed by atoms with van der Waals surface area (Å²) in [6, 6.07) is 0.556. The fourth-order valence-electron chi connectivity index (χ4n) is 3.16. The van der Waals surface area contributed by atoms with Crippen LogP contribution in [0.15, 0.2) is 37.4 Å². The molecule has 144 valence electrons. The van der Waals surface area contributed by atoms with Crippen molar-refractivity contribution in [1.82, 2.24) is 19.1 Å².